The molecule has 8 nitrogen and oxygen atoms in total. The van der Waals surface area contributed by atoms with Gasteiger partial charge in [-0.25, -0.2) is 13.8 Å². The number of amides is 1. The normalized spacial score (nSPS) is 11.1. The summed E-state index contributed by atoms with van der Waals surface area (Å²) in [6, 6.07) is 11.6. The molecule has 2 aromatic carbocycles. The minimum atomic E-state index is -0.890. The van der Waals surface area contributed by atoms with Crippen LogP contribution in [0.1, 0.15) is 63.9 Å². The van der Waals surface area contributed by atoms with Crippen LogP contribution in [0.15, 0.2) is 53.3 Å². The van der Waals surface area contributed by atoms with E-state index >= 15 is 0 Å². The van der Waals surface area contributed by atoms with E-state index in [4.69, 9.17) is 4.98 Å². The molecule has 0 saturated heterocycles. The maximum atomic E-state index is 15.0. The summed E-state index contributed by atoms with van der Waals surface area (Å²) in [7, 11) is 0. The standard InChI is InChI=1S/C32H38F2N6O2.C2H6/c1-6-39(7-2)18-10-17-35-32-37-28(22-11-8-12-23(21(22)5)31(42)36-19-20(3)4)24-15-16-27(41)40(30(24)38-32)29-25(33)13-9-14-26(29)34;1-2/h8-9,11-16,20H,6-7,10,17-19H2,1-5H3,(H,36,42)(H,35,37,38);1-2H3. The van der Waals surface area contributed by atoms with Gasteiger partial charge in [0.1, 0.15) is 17.3 Å². The third-order valence-electron chi connectivity index (χ3n) is 7.24. The first-order valence-corrected chi connectivity index (χ1v) is 15.4. The number of hydrogen-bond donors (Lipinski definition) is 2. The Morgan fingerprint density at radius 3 is 2.27 bits per heavy atom. The topological polar surface area (TPSA) is 92.2 Å². The van der Waals surface area contributed by atoms with Crippen molar-refractivity contribution < 1.29 is 13.6 Å². The van der Waals surface area contributed by atoms with Crippen LogP contribution in [0.5, 0.6) is 0 Å². The van der Waals surface area contributed by atoms with Gasteiger partial charge in [-0.1, -0.05) is 59.7 Å². The second kappa shape index (κ2) is 16.0. The molecule has 0 radical (unpaired) electrons. The van der Waals surface area contributed by atoms with Gasteiger partial charge in [0.25, 0.3) is 11.5 Å². The van der Waals surface area contributed by atoms with Crippen molar-refractivity contribution in [2.45, 2.75) is 54.9 Å². The van der Waals surface area contributed by atoms with E-state index in [1.54, 1.807) is 18.2 Å². The van der Waals surface area contributed by atoms with Crippen LogP contribution in [-0.2, 0) is 0 Å². The Kier molecular flexibility index (Phi) is 12.5. The fourth-order valence-electron chi connectivity index (χ4n) is 4.89. The molecule has 10 heteroatoms. The summed E-state index contributed by atoms with van der Waals surface area (Å²) in [5.41, 5.74) is 1.16. The molecule has 0 unspecified atom stereocenters. The van der Waals surface area contributed by atoms with Gasteiger partial charge in [0.05, 0.1) is 5.69 Å². The lowest BCUT2D eigenvalue weighted by Crippen LogP contribution is -2.28. The van der Waals surface area contributed by atoms with Crippen molar-refractivity contribution in [3.8, 4) is 16.9 Å². The highest BCUT2D eigenvalue weighted by molar-refractivity contribution is 6.00. The van der Waals surface area contributed by atoms with Gasteiger partial charge in [-0.05, 0) is 68.7 Å². The van der Waals surface area contributed by atoms with Gasteiger partial charge in [-0.15, -0.1) is 0 Å². The minimum Gasteiger partial charge on any atom is -0.354 e. The highest BCUT2D eigenvalue weighted by Gasteiger charge is 2.21. The Balaban J connectivity index is 0.00000259. The molecule has 0 aliphatic carbocycles. The molecule has 2 aromatic heterocycles. The molecule has 0 bridgehead atoms. The van der Waals surface area contributed by atoms with Crippen molar-refractivity contribution >= 4 is 22.9 Å². The first-order valence-electron chi connectivity index (χ1n) is 15.4. The van der Waals surface area contributed by atoms with E-state index in [1.807, 2.05) is 40.7 Å². The molecule has 1 amide bonds. The summed E-state index contributed by atoms with van der Waals surface area (Å²) in [5, 5.41) is 6.60. The zero-order valence-corrected chi connectivity index (χ0v) is 26.8. The average molecular weight is 607 g/mol. The van der Waals surface area contributed by atoms with Crippen molar-refractivity contribution in [1.82, 2.24) is 24.8 Å². The lowest BCUT2D eigenvalue weighted by Gasteiger charge is -2.19. The van der Waals surface area contributed by atoms with Gasteiger partial charge in [0.2, 0.25) is 5.95 Å². The highest BCUT2D eigenvalue weighted by atomic mass is 19.1. The predicted octanol–water partition coefficient (Wildman–Crippen LogP) is 6.59. The van der Waals surface area contributed by atoms with Crippen LogP contribution in [0.2, 0.25) is 0 Å². The van der Waals surface area contributed by atoms with Gasteiger partial charge in [-0.3, -0.25) is 14.2 Å². The summed E-state index contributed by atoms with van der Waals surface area (Å²) in [5.74, 6) is -1.49. The van der Waals surface area contributed by atoms with Crippen molar-refractivity contribution in [2.75, 3.05) is 38.0 Å². The Labute approximate surface area is 258 Å². The summed E-state index contributed by atoms with van der Waals surface area (Å²) >= 11 is 0. The number of para-hydroxylation sites is 1. The Hall–Kier alpha value is -4.18. The number of nitrogens with one attached hydrogen (secondary N) is 2. The molecule has 2 N–H and O–H groups in total. The van der Waals surface area contributed by atoms with Crippen molar-refractivity contribution in [2.24, 2.45) is 5.92 Å². The van der Waals surface area contributed by atoms with E-state index in [2.05, 4.69) is 34.4 Å². The van der Waals surface area contributed by atoms with Crippen molar-refractivity contribution in [1.29, 1.82) is 0 Å². The zero-order chi connectivity index (χ0) is 32.4. The number of benzene rings is 2. The molecule has 0 aliphatic heterocycles. The summed E-state index contributed by atoms with van der Waals surface area (Å²) in [6.07, 6.45) is 0.812. The maximum absolute atomic E-state index is 15.0. The number of anilines is 1. The lowest BCUT2D eigenvalue weighted by atomic mass is 9.97. The summed E-state index contributed by atoms with van der Waals surface area (Å²) in [4.78, 5) is 37.8. The SMILES string of the molecule is CC.CCN(CC)CCCNc1nc(-c2cccc(C(=O)NCC(C)C)c2C)c2ccc(=O)n(-c3c(F)cccc3F)c2n1. The van der Waals surface area contributed by atoms with Crippen molar-refractivity contribution in [3.05, 3.63) is 81.6 Å². The Morgan fingerprint density at radius 1 is 0.977 bits per heavy atom. The van der Waals surface area contributed by atoms with Gasteiger partial charge in [0.15, 0.2) is 5.65 Å². The molecule has 4 aromatic rings. The quantitative estimate of drug-likeness (QED) is 0.177. The van der Waals surface area contributed by atoms with Crippen molar-refractivity contribution in [3.63, 3.8) is 0 Å². The van der Waals surface area contributed by atoms with Gasteiger partial charge in [-0.2, -0.15) is 4.98 Å². The number of nitrogens with zero attached hydrogens (tertiary/aromatic N) is 4. The number of hydrogen-bond acceptors (Lipinski definition) is 6. The number of rotatable bonds is 12. The molecule has 0 spiro atoms. The van der Waals surface area contributed by atoms with E-state index in [-0.39, 0.29) is 23.4 Å². The van der Waals surface area contributed by atoms with Crippen LogP contribution in [0.25, 0.3) is 28.0 Å². The smallest absolute Gasteiger partial charge is 0.256 e. The summed E-state index contributed by atoms with van der Waals surface area (Å²) < 4.78 is 30.9. The average Bonchev–Trinajstić information content (AvgIpc) is 3.01. The largest absolute Gasteiger partial charge is 0.354 e. The maximum Gasteiger partial charge on any atom is 0.256 e. The molecular formula is C34H44F2N6O2. The number of fused-ring (bicyclic) bond motifs is 1. The fourth-order valence-corrected chi connectivity index (χ4v) is 4.89. The molecular weight excluding hydrogens is 562 g/mol. The fraction of sp³-hybridized carbons (Fsp3) is 0.412. The number of pyridine rings is 1. The van der Waals surface area contributed by atoms with Crippen LogP contribution in [0, 0.1) is 24.5 Å². The number of aromatic nitrogens is 3. The molecule has 4 rings (SSSR count). The van der Waals surface area contributed by atoms with Crippen LogP contribution >= 0.6 is 0 Å². The van der Waals surface area contributed by atoms with E-state index in [0.29, 0.717) is 40.9 Å². The van der Waals surface area contributed by atoms with E-state index < -0.39 is 22.9 Å². The van der Waals surface area contributed by atoms with Crippen LogP contribution in [0.4, 0.5) is 14.7 Å². The van der Waals surface area contributed by atoms with Gasteiger partial charge < -0.3 is 15.5 Å². The van der Waals surface area contributed by atoms with E-state index in [0.717, 1.165) is 42.8 Å². The first kappa shape index (κ1) is 34.3. The molecule has 44 heavy (non-hydrogen) atoms. The highest BCUT2D eigenvalue weighted by Crippen LogP contribution is 2.32. The van der Waals surface area contributed by atoms with Gasteiger partial charge in [0, 0.05) is 35.7 Å². The lowest BCUT2D eigenvalue weighted by molar-refractivity contribution is 0.0948. The second-order valence-electron chi connectivity index (χ2n) is 10.6. The van der Waals surface area contributed by atoms with E-state index in [1.165, 1.54) is 12.1 Å². The van der Waals surface area contributed by atoms with Crippen LogP contribution in [-0.4, -0.2) is 58.1 Å². The van der Waals surface area contributed by atoms with Gasteiger partial charge >= 0.3 is 0 Å². The third-order valence-corrected chi connectivity index (χ3v) is 7.24. The van der Waals surface area contributed by atoms with Crippen LogP contribution < -0.4 is 16.2 Å². The molecule has 236 valence electrons. The monoisotopic (exact) mass is 606 g/mol. The Bertz CT molecular complexity index is 1610. The molecule has 2 heterocycles. The number of carbonyl (C=O) groups excluding carboxylic acids is 1. The number of halogens is 2. The minimum absolute atomic E-state index is 0.0526. The predicted molar refractivity (Wildman–Crippen MR) is 175 cm³/mol. The summed E-state index contributed by atoms with van der Waals surface area (Å²) in [6.45, 7) is 17.9. The zero-order valence-electron chi connectivity index (χ0n) is 26.8. The molecule has 0 saturated carbocycles. The molecule has 0 atom stereocenters. The number of carbonyl (C=O) groups is 1. The molecule has 0 fully saturated rings. The molecule has 0 aliphatic rings. The first-order chi connectivity index (χ1) is 21.2. The van der Waals surface area contributed by atoms with Crippen LogP contribution in [0.3, 0.4) is 0 Å². The third kappa shape index (κ3) is 7.85. The Morgan fingerprint density at radius 2 is 1.64 bits per heavy atom. The van der Waals surface area contributed by atoms with E-state index in [9.17, 15) is 18.4 Å². The second-order valence-corrected chi connectivity index (χ2v) is 10.6.